The van der Waals surface area contributed by atoms with Gasteiger partial charge in [-0.2, -0.15) is 0 Å². The predicted octanol–water partition coefficient (Wildman–Crippen LogP) is 11.0. The summed E-state index contributed by atoms with van der Waals surface area (Å²) in [6, 6.07) is 69.8. The van der Waals surface area contributed by atoms with Crippen molar-refractivity contribution in [2.45, 2.75) is 101 Å². The highest BCUT2D eigenvalue weighted by Crippen LogP contribution is 2.33. The summed E-state index contributed by atoms with van der Waals surface area (Å²) >= 11 is 0. The zero-order valence-corrected chi connectivity index (χ0v) is 40.8. The van der Waals surface area contributed by atoms with Crippen molar-refractivity contribution < 1.29 is 47.7 Å². The van der Waals surface area contributed by atoms with Crippen LogP contribution < -0.4 is 0 Å². The van der Waals surface area contributed by atoms with Crippen molar-refractivity contribution in [3.63, 3.8) is 0 Å². The van der Waals surface area contributed by atoms with Gasteiger partial charge in [0, 0.05) is 7.11 Å². The van der Waals surface area contributed by atoms with Crippen LogP contribution in [0.1, 0.15) is 38.9 Å². The standard InChI is InChI=1S/C62H66O10/c1-64-62-61(71-45-53-35-21-8-22-36-53)60(70-44-52-33-19-7-20-34-52)59(69-43-51-31-17-6-18-32-51)57(72-62)54(63)37-38-55(66-40-48-25-11-3-12-26-48)58(68-42-50-29-15-5-16-30-50)56(67-41-49-27-13-4-14-28-49)46-65-39-47-23-9-2-10-24-47/h2-38,54-63H,39-46H2,1H3/t54-,55+,56-,57+,58-,59+,60-,61+,62-/m0/s1. The Morgan fingerprint density at radius 3 is 1.21 bits per heavy atom. The van der Waals surface area contributed by atoms with Crippen molar-refractivity contribution in [1.29, 1.82) is 0 Å². The van der Waals surface area contributed by atoms with Gasteiger partial charge in [-0.15, -0.1) is 0 Å². The quantitative estimate of drug-likeness (QED) is 0.0477. The van der Waals surface area contributed by atoms with Gasteiger partial charge in [-0.1, -0.05) is 224 Å². The highest BCUT2D eigenvalue weighted by atomic mass is 16.7. The van der Waals surface area contributed by atoms with Gasteiger partial charge in [-0.05, 0) is 38.9 Å². The highest BCUT2D eigenvalue weighted by Gasteiger charge is 2.50. The molecule has 7 aromatic rings. The molecule has 1 fully saturated rings. The van der Waals surface area contributed by atoms with Crippen LogP contribution in [-0.4, -0.2) is 73.9 Å². The lowest BCUT2D eigenvalue weighted by Gasteiger charge is -2.46. The Morgan fingerprint density at radius 2 is 0.778 bits per heavy atom. The fourth-order valence-corrected chi connectivity index (χ4v) is 8.58. The monoisotopic (exact) mass is 970 g/mol. The molecule has 0 unspecified atom stereocenters. The van der Waals surface area contributed by atoms with Crippen LogP contribution in [0.4, 0.5) is 0 Å². The fraction of sp³-hybridized carbons (Fsp3) is 0.290. The molecule has 1 saturated heterocycles. The molecule has 8 rings (SSSR count). The van der Waals surface area contributed by atoms with Crippen molar-refractivity contribution in [2.75, 3.05) is 13.7 Å². The molecule has 0 radical (unpaired) electrons. The van der Waals surface area contributed by atoms with E-state index in [9.17, 15) is 5.11 Å². The third-order valence-electron chi connectivity index (χ3n) is 12.4. The Labute approximate surface area is 424 Å². The molecule has 0 saturated carbocycles. The number of rotatable bonds is 28. The van der Waals surface area contributed by atoms with E-state index in [1.807, 2.05) is 218 Å². The molecule has 1 heterocycles. The van der Waals surface area contributed by atoms with Crippen LogP contribution in [0, 0.1) is 0 Å². The molecule has 0 spiro atoms. The van der Waals surface area contributed by atoms with Crippen LogP contribution in [0.5, 0.6) is 0 Å². The number of aliphatic hydroxyl groups is 1. The van der Waals surface area contributed by atoms with Gasteiger partial charge in [0.15, 0.2) is 6.29 Å². The van der Waals surface area contributed by atoms with E-state index in [1.165, 1.54) is 0 Å². The minimum absolute atomic E-state index is 0.185. The molecule has 0 bridgehead atoms. The van der Waals surface area contributed by atoms with Crippen molar-refractivity contribution >= 4 is 0 Å². The van der Waals surface area contributed by atoms with Gasteiger partial charge >= 0.3 is 0 Å². The number of hydrogen-bond acceptors (Lipinski definition) is 10. The summed E-state index contributed by atoms with van der Waals surface area (Å²) in [6.45, 7) is 2.11. The van der Waals surface area contributed by atoms with E-state index in [0.717, 1.165) is 38.9 Å². The fourth-order valence-electron chi connectivity index (χ4n) is 8.58. The average molecular weight is 971 g/mol. The smallest absolute Gasteiger partial charge is 0.186 e. The van der Waals surface area contributed by atoms with E-state index in [2.05, 4.69) is 0 Å². The van der Waals surface area contributed by atoms with E-state index < -0.39 is 55.1 Å². The first-order chi connectivity index (χ1) is 35.6. The van der Waals surface area contributed by atoms with Crippen LogP contribution in [0.25, 0.3) is 0 Å². The maximum Gasteiger partial charge on any atom is 0.186 e. The molecule has 0 aliphatic carbocycles. The second-order valence-corrected chi connectivity index (χ2v) is 17.7. The zero-order chi connectivity index (χ0) is 49.4. The average Bonchev–Trinajstić information content (AvgIpc) is 3.44. The number of benzene rings is 7. The summed E-state index contributed by atoms with van der Waals surface area (Å²) in [6.07, 6.45) is -4.16. The van der Waals surface area contributed by atoms with Crippen molar-refractivity contribution in [2.24, 2.45) is 0 Å². The molecular weight excluding hydrogens is 905 g/mol. The lowest BCUT2D eigenvalue weighted by molar-refractivity contribution is -0.326. The Morgan fingerprint density at radius 1 is 0.417 bits per heavy atom. The third-order valence-corrected chi connectivity index (χ3v) is 12.4. The maximum absolute atomic E-state index is 12.6. The maximum atomic E-state index is 12.6. The molecular formula is C62H66O10. The van der Waals surface area contributed by atoms with E-state index in [4.69, 9.17) is 42.6 Å². The summed E-state index contributed by atoms with van der Waals surface area (Å²) in [7, 11) is 1.57. The summed E-state index contributed by atoms with van der Waals surface area (Å²) in [5, 5.41) is 12.6. The summed E-state index contributed by atoms with van der Waals surface area (Å²) in [5.41, 5.74) is 6.86. The molecule has 1 aliphatic heterocycles. The second kappa shape index (κ2) is 28.8. The first kappa shape index (κ1) is 52.2. The molecule has 374 valence electrons. The van der Waals surface area contributed by atoms with Gasteiger partial charge in [0.1, 0.15) is 48.8 Å². The first-order valence-corrected chi connectivity index (χ1v) is 24.7. The van der Waals surface area contributed by atoms with E-state index in [1.54, 1.807) is 13.2 Å². The Bertz CT molecular complexity index is 2540. The minimum atomic E-state index is -1.27. The zero-order valence-electron chi connectivity index (χ0n) is 40.8. The largest absolute Gasteiger partial charge is 0.386 e. The molecule has 0 amide bonds. The molecule has 9 atom stereocenters. The van der Waals surface area contributed by atoms with Gasteiger partial charge in [0.25, 0.3) is 0 Å². The minimum Gasteiger partial charge on any atom is -0.386 e. The molecule has 0 aromatic heterocycles. The molecule has 10 nitrogen and oxygen atoms in total. The van der Waals surface area contributed by atoms with Gasteiger partial charge in [0.2, 0.25) is 0 Å². The molecule has 1 aliphatic rings. The Kier molecular flexibility index (Phi) is 20.9. The van der Waals surface area contributed by atoms with Crippen molar-refractivity contribution in [3.05, 3.63) is 263 Å². The van der Waals surface area contributed by atoms with Crippen molar-refractivity contribution in [3.8, 4) is 0 Å². The molecule has 72 heavy (non-hydrogen) atoms. The SMILES string of the molecule is CO[C@H]1O[C@H]([C@@H](O)C=C[C@@H](OCc2ccccc2)[C@H](OCc2ccccc2)[C@H](COCc2ccccc2)OCc2ccccc2)[C@@H](OCc2ccccc2)[C@H](OCc2ccccc2)[C@H]1OCc1ccccc1. The van der Waals surface area contributed by atoms with Crippen LogP contribution in [0.2, 0.25) is 0 Å². The summed E-state index contributed by atoms with van der Waals surface area (Å²) in [5.74, 6) is 0. The first-order valence-electron chi connectivity index (χ1n) is 24.7. The van der Waals surface area contributed by atoms with E-state index in [-0.39, 0.29) is 39.6 Å². The lowest BCUT2D eigenvalue weighted by Crippen LogP contribution is -2.63. The number of methoxy groups -OCH3 is 1. The third kappa shape index (κ3) is 16.2. The van der Waals surface area contributed by atoms with E-state index in [0.29, 0.717) is 13.2 Å². The van der Waals surface area contributed by atoms with Gasteiger partial charge in [0.05, 0.1) is 52.9 Å². The predicted molar refractivity (Wildman–Crippen MR) is 277 cm³/mol. The topological polar surface area (TPSA) is 103 Å². The Hall–Kier alpha value is -6.12. The van der Waals surface area contributed by atoms with Crippen LogP contribution in [0.15, 0.2) is 224 Å². The molecule has 10 heteroatoms. The lowest BCUT2D eigenvalue weighted by atomic mass is 9.93. The normalized spacial score (nSPS) is 19.7. The van der Waals surface area contributed by atoms with Gasteiger partial charge in [-0.25, -0.2) is 0 Å². The second-order valence-electron chi connectivity index (χ2n) is 17.7. The molecule has 7 aromatic carbocycles. The summed E-state index contributed by atoms with van der Waals surface area (Å²) < 4.78 is 60.3. The summed E-state index contributed by atoms with van der Waals surface area (Å²) in [4.78, 5) is 0. The highest BCUT2D eigenvalue weighted by molar-refractivity contribution is 5.19. The molecule has 1 N–H and O–H groups in total. The van der Waals surface area contributed by atoms with Crippen molar-refractivity contribution in [1.82, 2.24) is 0 Å². The van der Waals surface area contributed by atoms with Gasteiger partial charge in [-0.3, -0.25) is 0 Å². The van der Waals surface area contributed by atoms with Crippen LogP contribution in [0.3, 0.4) is 0 Å². The number of aliphatic hydroxyl groups excluding tert-OH is 1. The Balaban J connectivity index is 1.14. The number of hydrogen-bond donors (Lipinski definition) is 1. The van der Waals surface area contributed by atoms with Gasteiger partial charge < -0.3 is 47.7 Å². The number of ether oxygens (including phenoxy) is 9. The van der Waals surface area contributed by atoms with E-state index >= 15 is 0 Å². The van der Waals surface area contributed by atoms with Crippen LogP contribution in [-0.2, 0) is 88.9 Å². The van der Waals surface area contributed by atoms with Crippen LogP contribution >= 0.6 is 0 Å².